The number of nitrogens with one attached hydrogen (secondary N) is 2. The van der Waals surface area contributed by atoms with Crippen LogP contribution in [0.25, 0.3) is 0 Å². The minimum Gasteiger partial charge on any atom is -0.467 e. The first-order valence-corrected chi connectivity index (χ1v) is 11.2. The van der Waals surface area contributed by atoms with Crippen LogP contribution in [0.2, 0.25) is 10.0 Å². The summed E-state index contributed by atoms with van der Waals surface area (Å²) in [5, 5.41) is 8.08. The second kappa shape index (κ2) is 7.96. The van der Waals surface area contributed by atoms with Crippen LogP contribution >= 0.6 is 35.4 Å². The molecule has 2 N–H and O–H groups in total. The molecule has 0 aliphatic carbocycles. The van der Waals surface area contributed by atoms with Crippen LogP contribution in [0, 0.1) is 5.92 Å². The van der Waals surface area contributed by atoms with Crippen molar-refractivity contribution in [2.75, 3.05) is 10.2 Å². The van der Waals surface area contributed by atoms with E-state index in [1.54, 1.807) is 36.4 Å². The molecule has 2 bridgehead atoms. The van der Waals surface area contributed by atoms with Crippen LogP contribution in [0.5, 0.6) is 5.75 Å². The van der Waals surface area contributed by atoms with Gasteiger partial charge in [0.15, 0.2) is 10.8 Å². The molecular weight excluding hydrogens is 465 g/mol. The van der Waals surface area contributed by atoms with Gasteiger partial charge >= 0.3 is 0 Å². The zero-order chi connectivity index (χ0) is 22.5. The monoisotopic (exact) mass is 483 g/mol. The second-order valence-electron chi connectivity index (χ2n) is 7.91. The van der Waals surface area contributed by atoms with Crippen molar-refractivity contribution in [3.63, 3.8) is 0 Å². The zero-order valence-electron chi connectivity index (χ0n) is 17.0. The number of nitrogens with zero attached hydrogens (tertiary/aromatic N) is 1. The minimum atomic E-state index is -1.08. The number of amides is 1. The van der Waals surface area contributed by atoms with Gasteiger partial charge in [-0.25, -0.2) is 0 Å². The third-order valence-electron chi connectivity index (χ3n) is 5.89. The van der Waals surface area contributed by atoms with Gasteiger partial charge < -0.3 is 15.4 Å². The van der Waals surface area contributed by atoms with E-state index in [1.807, 2.05) is 48.2 Å². The molecule has 1 saturated heterocycles. The predicted molar refractivity (Wildman–Crippen MR) is 131 cm³/mol. The summed E-state index contributed by atoms with van der Waals surface area (Å²) in [4.78, 5) is 15.5. The third kappa shape index (κ3) is 3.48. The predicted octanol–water partition coefficient (Wildman–Crippen LogP) is 5.79. The summed E-state index contributed by atoms with van der Waals surface area (Å²) >= 11 is 17.8. The molecule has 162 valence electrons. The van der Waals surface area contributed by atoms with Gasteiger partial charge in [-0.2, -0.15) is 0 Å². The number of carbonyl (C=O) groups is 1. The van der Waals surface area contributed by atoms with Crippen LogP contribution in [0.4, 0.5) is 11.4 Å². The fourth-order valence-corrected chi connectivity index (χ4v) is 5.13. The van der Waals surface area contributed by atoms with E-state index in [4.69, 9.17) is 40.2 Å². The van der Waals surface area contributed by atoms with Crippen molar-refractivity contribution in [3.8, 4) is 5.75 Å². The van der Waals surface area contributed by atoms with Gasteiger partial charge in [0.2, 0.25) is 5.91 Å². The lowest BCUT2D eigenvalue weighted by Crippen LogP contribution is -2.72. The first-order valence-electron chi connectivity index (χ1n) is 10.1. The van der Waals surface area contributed by atoms with E-state index in [0.717, 1.165) is 11.3 Å². The van der Waals surface area contributed by atoms with Crippen molar-refractivity contribution in [2.24, 2.45) is 5.92 Å². The molecule has 5 rings (SSSR count). The number of ether oxygens (including phenoxy) is 1. The Balaban J connectivity index is 1.60. The van der Waals surface area contributed by atoms with E-state index < -0.39 is 11.6 Å². The Labute approximate surface area is 201 Å². The molecule has 1 amide bonds. The van der Waals surface area contributed by atoms with E-state index in [9.17, 15) is 4.79 Å². The molecule has 0 spiro atoms. The van der Waals surface area contributed by atoms with Gasteiger partial charge in [0.05, 0.1) is 6.04 Å². The minimum absolute atomic E-state index is 0.191. The third-order valence-corrected chi connectivity index (χ3v) is 6.69. The molecule has 2 aliphatic rings. The first-order chi connectivity index (χ1) is 15.4. The van der Waals surface area contributed by atoms with Crippen molar-refractivity contribution in [1.82, 2.24) is 5.32 Å². The maximum Gasteiger partial charge on any atom is 0.236 e. The number of hydrogen-bond donors (Lipinski definition) is 2. The summed E-state index contributed by atoms with van der Waals surface area (Å²) in [6.45, 7) is 1.89. The summed E-state index contributed by atoms with van der Waals surface area (Å²) in [5.41, 5.74) is 1.24. The highest BCUT2D eigenvalue weighted by atomic mass is 35.5. The highest BCUT2D eigenvalue weighted by Crippen LogP contribution is 2.49. The molecule has 0 saturated carbocycles. The molecule has 0 unspecified atom stereocenters. The molecule has 3 atom stereocenters. The number of halogens is 2. The maximum atomic E-state index is 13.7. The largest absolute Gasteiger partial charge is 0.467 e. The Morgan fingerprint density at radius 3 is 2.34 bits per heavy atom. The van der Waals surface area contributed by atoms with Crippen LogP contribution < -0.4 is 20.3 Å². The Morgan fingerprint density at radius 1 is 1.03 bits per heavy atom. The van der Waals surface area contributed by atoms with Crippen LogP contribution in [-0.2, 0) is 4.79 Å². The summed E-state index contributed by atoms with van der Waals surface area (Å²) in [7, 11) is 0. The number of hydrogen-bond acceptors (Lipinski definition) is 3. The lowest BCUT2D eigenvalue weighted by molar-refractivity contribution is -0.130. The SMILES string of the molecule is C[C@@]12Oc3ccccc3[C@@H](NC(=S)N1c1ccc(Cl)cc1)[C@@H]2C(=O)Nc1ccc(Cl)cc1. The highest BCUT2D eigenvalue weighted by molar-refractivity contribution is 7.80. The van der Waals surface area contributed by atoms with Gasteiger partial charge in [-0.15, -0.1) is 0 Å². The zero-order valence-corrected chi connectivity index (χ0v) is 19.3. The smallest absolute Gasteiger partial charge is 0.236 e. The number of rotatable bonds is 3. The molecule has 1 fully saturated rings. The molecule has 0 aromatic heterocycles. The van der Waals surface area contributed by atoms with Crippen molar-refractivity contribution >= 4 is 57.8 Å². The Hall–Kier alpha value is -2.80. The van der Waals surface area contributed by atoms with Crippen LogP contribution in [0.3, 0.4) is 0 Å². The lowest BCUT2D eigenvalue weighted by Gasteiger charge is -2.56. The van der Waals surface area contributed by atoms with Gasteiger partial charge in [-0.3, -0.25) is 9.69 Å². The van der Waals surface area contributed by atoms with Gasteiger partial charge in [0.1, 0.15) is 11.7 Å². The van der Waals surface area contributed by atoms with Gasteiger partial charge in [0, 0.05) is 27.0 Å². The number of anilines is 2. The summed E-state index contributed by atoms with van der Waals surface area (Å²) < 4.78 is 6.53. The second-order valence-corrected chi connectivity index (χ2v) is 9.17. The van der Waals surface area contributed by atoms with Crippen molar-refractivity contribution in [1.29, 1.82) is 0 Å². The van der Waals surface area contributed by atoms with Crippen molar-refractivity contribution in [3.05, 3.63) is 88.4 Å². The Kier molecular flexibility index (Phi) is 5.24. The molecule has 3 aromatic carbocycles. The van der Waals surface area contributed by atoms with E-state index in [0.29, 0.717) is 26.6 Å². The fraction of sp³-hybridized carbons (Fsp3) is 0.167. The molecule has 8 heteroatoms. The molecule has 5 nitrogen and oxygen atoms in total. The number of fused-ring (bicyclic) bond motifs is 4. The standard InChI is InChI=1S/C24H19Cl2N3O2S/c1-24-20(22(30)27-16-10-6-14(25)7-11-16)21(18-4-2-3-5-19(18)31-24)28-23(32)29(24)17-12-8-15(26)9-13-17/h2-13,20-21H,1H3,(H,27,30)(H,28,32)/t20-,21-,24+/m1/s1. The van der Waals surface area contributed by atoms with Gasteiger partial charge in [0.25, 0.3) is 0 Å². The van der Waals surface area contributed by atoms with E-state index >= 15 is 0 Å². The van der Waals surface area contributed by atoms with Gasteiger partial charge in [-0.1, -0.05) is 41.4 Å². The average Bonchev–Trinajstić information content (AvgIpc) is 2.76. The fourth-order valence-electron chi connectivity index (χ4n) is 4.46. The molecular formula is C24H19Cl2N3O2S. The van der Waals surface area contributed by atoms with Crippen molar-refractivity contribution < 1.29 is 9.53 Å². The Bertz CT molecular complexity index is 1200. The summed E-state index contributed by atoms with van der Waals surface area (Å²) in [6.07, 6.45) is 0. The van der Waals surface area contributed by atoms with Crippen LogP contribution in [0.1, 0.15) is 18.5 Å². The number of thiocarbonyl (C=S) groups is 1. The summed E-state index contributed by atoms with van der Waals surface area (Å²) in [6, 6.07) is 21.7. The molecule has 2 heterocycles. The maximum absolute atomic E-state index is 13.7. The van der Waals surface area contributed by atoms with Crippen LogP contribution in [-0.4, -0.2) is 16.7 Å². The molecule has 3 aromatic rings. The topological polar surface area (TPSA) is 53.6 Å². The number of benzene rings is 3. The molecule has 0 radical (unpaired) electrons. The Morgan fingerprint density at radius 2 is 1.66 bits per heavy atom. The van der Waals surface area contributed by atoms with E-state index in [2.05, 4.69) is 10.6 Å². The van der Waals surface area contributed by atoms with Gasteiger partial charge in [-0.05, 0) is 73.7 Å². The normalized spacial score (nSPS) is 23.6. The number of carbonyl (C=O) groups excluding carboxylic acids is 1. The molecule has 2 aliphatic heterocycles. The first kappa shape index (κ1) is 21.1. The quantitative estimate of drug-likeness (QED) is 0.461. The molecule has 32 heavy (non-hydrogen) atoms. The number of para-hydroxylation sites is 1. The lowest BCUT2D eigenvalue weighted by atomic mass is 9.78. The van der Waals surface area contributed by atoms with E-state index in [1.165, 1.54) is 0 Å². The van der Waals surface area contributed by atoms with Crippen LogP contribution in [0.15, 0.2) is 72.8 Å². The van der Waals surface area contributed by atoms with Crippen molar-refractivity contribution in [2.45, 2.75) is 18.7 Å². The highest BCUT2D eigenvalue weighted by Gasteiger charge is 2.59. The van der Waals surface area contributed by atoms with E-state index in [-0.39, 0.29) is 11.9 Å². The summed E-state index contributed by atoms with van der Waals surface area (Å²) in [5.74, 6) is -0.0942. The average molecular weight is 484 g/mol.